The van der Waals surface area contributed by atoms with Gasteiger partial charge < -0.3 is 9.64 Å². The first-order valence-corrected chi connectivity index (χ1v) is 11.6. The number of nitrogens with zero attached hydrogens (tertiary/aromatic N) is 3. The number of benzene rings is 1. The summed E-state index contributed by atoms with van der Waals surface area (Å²) in [6, 6.07) is 3.83. The van der Waals surface area contributed by atoms with Crippen molar-refractivity contribution in [3.63, 3.8) is 0 Å². The minimum atomic E-state index is -3.77. The number of hydrogen-bond acceptors (Lipinski definition) is 5. The largest absolute Gasteiger partial charge is 0.379 e. The molecule has 2 fully saturated rings. The van der Waals surface area contributed by atoms with E-state index >= 15 is 0 Å². The normalized spacial score (nSPS) is 21.4. The lowest BCUT2D eigenvalue weighted by Gasteiger charge is -2.30. The quantitative estimate of drug-likeness (QED) is 0.659. The number of carbonyl (C=O) groups is 1. The zero-order valence-corrected chi connectivity index (χ0v) is 18.0. The van der Waals surface area contributed by atoms with Crippen molar-refractivity contribution < 1.29 is 22.3 Å². The number of hydrogen-bond donors (Lipinski definition) is 0. The van der Waals surface area contributed by atoms with Crippen LogP contribution in [-0.4, -0.2) is 87.0 Å². The molecule has 162 valence electrons. The Morgan fingerprint density at radius 2 is 2.00 bits per heavy atom. The molecular formula is C20H30FN3O4S. The SMILES string of the molecule is CC(=O)N(CCCN1CCOCC1)C1CCN(S(=O)(=O)c2ccc(C)c(F)c2)C1. The van der Waals surface area contributed by atoms with Gasteiger partial charge >= 0.3 is 0 Å². The van der Waals surface area contributed by atoms with Crippen molar-refractivity contribution in [3.05, 3.63) is 29.6 Å². The lowest BCUT2D eigenvalue weighted by Crippen LogP contribution is -2.43. The second-order valence-corrected chi connectivity index (χ2v) is 9.67. The van der Waals surface area contributed by atoms with Gasteiger partial charge in [0.25, 0.3) is 0 Å². The van der Waals surface area contributed by atoms with Crippen LogP contribution < -0.4 is 0 Å². The predicted octanol–water partition coefficient (Wildman–Crippen LogP) is 1.47. The number of halogens is 1. The molecule has 29 heavy (non-hydrogen) atoms. The minimum absolute atomic E-state index is 0.0389. The number of ether oxygens (including phenoxy) is 1. The van der Waals surface area contributed by atoms with Gasteiger partial charge in [0.2, 0.25) is 15.9 Å². The third-order valence-corrected chi connectivity index (χ3v) is 7.59. The Balaban J connectivity index is 1.60. The van der Waals surface area contributed by atoms with Crippen LogP contribution in [0.15, 0.2) is 23.1 Å². The molecule has 1 unspecified atom stereocenters. The van der Waals surface area contributed by atoms with Gasteiger partial charge in [-0.3, -0.25) is 9.69 Å². The van der Waals surface area contributed by atoms with Crippen molar-refractivity contribution in [2.24, 2.45) is 0 Å². The van der Waals surface area contributed by atoms with E-state index in [1.54, 1.807) is 11.8 Å². The summed E-state index contributed by atoms with van der Waals surface area (Å²) >= 11 is 0. The molecule has 1 amide bonds. The molecule has 2 heterocycles. The van der Waals surface area contributed by atoms with E-state index in [0.29, 0.717) is 25.1 Å². The van der Waals surface area contributed by atoms with E-state index in [1.807, 2.05) is 0 Å². The lowest BCUT2D eigenvalue weighted by molar-refractivity contribution is -0.131. The monoisotopic (exact) mass is 427 g/mol. The van der Waals surface area contributed by atoms with E-state index in [-0.39, 0.29) is 23.4 Å². The Morgan fingerprint density at radius 3 is 2.66 bits per heavy atom. The van der Waals surface area contributed by atoms with Crippen LogP contribution >= 0.6 is 0 Å². The minimum Gasteiger partial charge on any atom is -0.379 e. The molecule has 0 bridgehead atoms. The molecule has 0 aromatic heterocycles. The van der Waals surface area contributed by atoms with Crippen molar-refractivity contribution in [3.8, 4) is 0 Å². The number of sulfonamides is 1. The number of amides is 1. The van der Waals surface area contributed by atoms with Crippen LogP contribution in [0, 0.1) is 12.7 Å². The molecule has 1 aromatic carbocycles. The van der Waals surface area contributed by atoms with Gasteiger partial charge in [-0.05, 0) is 37.5 Å². The Hall–Kier alpha value is -1.55. The summed E-state index contributed by atoms with van der Waals surface area (Å²) in [5, 5.41) is 0. The maximum Gasteiger partial charge on any atom is 0.243 e. The van der Waals surface area contributed by atoms with E-state index < -0.39 is 15.8 Å². The van der Waals surface area contributed by atoms with Crippen molar-refractivity contribution in [1.82, 2.24) is 14.1 Å². The van der Waals surface area contributed by atoms with Crippen LogP contribution in [0.3, 0.4) is 0 Å². The zero-order valence-electron chi connectivity index (χ0n) is 17.1. The third kappa shape index (κ3) is 5.33. The summed E-state index contributed by atoms with van der Waals surface area (Å²) in [7, 11) is -3.77. The summed E-state index contributed by atoms with van der Waals surface area (Å²) in [5.74, 6) is -0.576. The van der Waals surface area contributed by atoms with Crippen LogP contribution in [0.2, 0.25) is 0 Å². The van der Waals surface area contributed by atoms with Gasteiger partial charge in [0.05, 0.1) is 18.1 Å². The molecule has 7 nitrogen and oxygen atoms in total. The van der Waals surface area contributed by atoms with Crippen molar-refractivity contribution in [2.75, 3.05) is 52.5 Å². The molecule has 0 radical (unpaired) electrons. The van der Waals surface area contributed by atoms with Gasteiger partial charge in [0, 0.05) is 52.2 Å². The molecule has 1 aromatic rings. The number of rotatable bonds is 7. The average Bonchev–Trinajstić information content (AvgIpc) is 3.18. The Kier molecular flexibility index (Phi) is 7.26. The fraction of sp³-hybridized carbons (Fsp3) is 0.650. The zero-order chi connectivity index (χ0) is 21.0. The second-order valence-electron chi connectivity index (χ2n) is 7.74. The molecule has 0 saturated carbocycles. The molecule has 2 aliphatic heterocycles. The molecule has 0 N–H and O–H groups in total. The molecule has 3 rings (SSSR count). The van der Waals surface area contributed by atoms with Crippen molar-refractivity contribution in [2.45, 2.75) is 37.6 Å². The molecule has 9 heteroatoms. The highest BCUT2D eigenvalue weighted by atomic mass is 32.2. The van der Waals surface area contributed by atoms with E-state index in [1.165, 1.54) is 23.4 Å². The Labute approximate surface area is 172 Å². The molecule has 2 aliphatic rings. The highest BCUT2D eigenvalue weighted by molar-refractivity contribution is 7.89. The van der Waals surface area contributed by atoms with Crippen LogP contribution in [0.5, 0.6) is 0 Å². The Morgan fingerprint density at radius 1 is 1.28 bits per heavy atom. The van der Waals surface area contributed by atoms with Crippen LogP contribution in [0.1, 0.15) is 25.3 Å². The summed E-state index contributed by atoms with van der Waals surface area (Å²) < 4.78 is 46.3. The topological polar surface area (TPSA) is 70.2 Å². The van der Waals surface area contributed by atoms with E-state index in [9.17, 15) is 17.6 Å². The summed E-state index contributed by atoms with van der Waals surface area (Å²) in [6.07, 6.45) is 1.43. The first-order chi connectivity index (χ1) is 13.8. The van der Waals surface area contributed by atoms with E-state index in [0.717, 1.165) is 45.3 Å². The van der Waals surface area contributed by atoms with Gasteiger partial charge in [-0.2, -0.15) is 4.31 Å². The smallest absolute Gasteiger partial charge is 0.243 e. The average molecular weight is 428 g/mol. The van der Waals surface area contributed by atoms with Crippen LogP contribution in [0.25, 0.3) is 0 Å². The predicted molar refractivity (Wildman–Crippen MR) is 108 cm³/mol. The maximum atomic E-state index is 13.9. The van der Waals surface area contributed by atoms with Crippen LogP contribution in [-0.2, 0) is 19.6 Å². The summed E-state index contributed by atoms with van der Waals surface area (Å²) in [5.41, 5.74) is 0.409. The third-order valence-electron chi connectivity index (χ3n) is 5.73. The van der Waals surface area contributed by atoms with Crippen molar-refractivity contribution in [1.29, 1.82) is 0 Å². The molecule has 2 saturated heterocycles. The van der Waals surface area contributed by atoms with Gasteiger partial charge in [0.1, 0.15) is 5.82 Å². The number of morpholine rings is 1. The van der Waals surface area contributed by atoms with E-state index in [2.05, 4.69) is 4.90 Å². The fourth-order valence-electron chi connectivity index (χ4n) is 3.95. The van der Waals surface area contributed by atoms with Crippen molar-refractivity contribution >= 4 is 15.9 Å². The molecular weight excluding hydrogens is 397 g/mol. The molecule has 0 spiro atoms. The highest BCUT2D eigenvalue weighted by Crippen LogP contribution is 2.25. The first-order valence-electron chi connectivity index (χ1n) is 10.1. The second kappa shape index (κ2) is 9.51. The van der Waals surface area contributed by atoms with Gasteiger partial charge in [-0.15, -0.1) is 0 Å². The van der Waals surface area contributed by atoms with Gasteiger partial charge in [-0.25, -0.2) is 12.8 Å². The van der Waals surface area contributed by atoms with Gasteiger partial charge in [-0.1, -0.05) is 6.07 Å². The maximum absolute atomic E-state index is 13.9. The highest BCUT2D eigenvalue weighted by Gasteiger charge is 2.36. The van der Waals surface area contributed by atoms with E-state index in [4.69, 9.17) is 4.74 Å². The molecule has 1 atom stereocenters. The van der Waals surface area contributed by atoms with Crippen LogP contribution in [0.4, 0.5) is 4.39 Å². The fourth-order valence-corrected chi connectivity index (χ4v) is 5.46. The number of aryl methyl sites for hydroxylation is 1. The first kappa shape index (κ1) is 22.1. The summed E-state index contributed by atoms with van der Waals surface area (Å²) in [4.78, 5) is 16.3. The van der Waals surface area contributed by atoms with Gasteiger partial charge in [0.15, 0.2) is 0 Å². The Bertz CT molecular complexity index is 827. The summed E-state index contributed by atoms with van der Waals surface area (Å²) in [6.45, 7) is 8.49. The lowest BCUT2D eigenvalue weighted by atomic mass is 10.2. The molecule has 0 aliphatic carbocycles. The number of carbonyl (C=O) groups excluding carboxylic acids is 1. The standard InChI is InChI=1S/C20H30FN3O4S/c1-16-4-5-19(14-20(16)21)29(26,27)23-9-6-18(15-23)24(17(2)25)8-3-7-22-10-12-28-13-11-22/h4-5,14,18H,3,6-13,15H2,1-2H3.